The molecule has 0 bridgehead atoms. The van der Waals surface area contributed by atoms with Gasteiger partial charge in [0.25, 0.3) is 0 Å². The van der Waals surface area contributed by atoms with E-state index in [2.05, 4.69) is 0 Å². The lowest BCUT2D eigenvalue weighted by Gasteiger charge is -2.12. The average molecular weight is 284 g/mol. The Hall–Kier alpha value is -2.62. The van der Waals surface area contributed by atoms with Crippen LogP contribution in [-0.2, 0) is 0 Å². The van der Waals surface area contributed by atoms with E-state index in [0.717, 1.165) is 5.56 Å². The Balaban J connectivity index is 2.32. The molecule has 0 saturated heterocycles. The molecule has 0 fully saturated rings. The van der Waals surface area contributed by atoms with Gasteiger partial charge in [-0.2, -0.15) is 0 Å². The van der Waals surface area contributed by atoms with Crippen molar-refractivity contribution in [1.82, 2.24) is 0 Å². The molecule has 108 valence electrons. The highest BCUT2D eigenvalue weighted by Gasteiger charge is 2.15. The minimum absolute atomic E-state index is 0.181. The van der Waals surface area contributed by atoms with Crippen molar-refractivity contribution < 1.29 is 19.4 Å². The molecule has 0 aliphatic heterocycles. The number of hydrogen-bond acceptors (Lipinski definition) is 3. The first kappa shape index (κ1) is 14.8. The maximum absolute atomic E-state index is 12.2. The van der Waals surface area contributed by atoms with E-state index in [1.54, 1.807) is 32.0 Å². The van der Waals surface area contributed by atoms with Crippen LogP contribution in [0.2, 0.25) is 0 Å². The van der Waals surface area contributed by atoms with Gasteiger partial charge in [-0.15, -0.1) is 0 Å². The minimum atomic E-state index is -1.00. The molecule has 2 rings (SSSR count). The van der Waals surface area contributed by atoms with E-state index in [-0.39, 0.29) is 5.56 Å². The number of hydrogen-bond donors (Lipinski definition) is 1. The van der Waals surface area contributed by atoms with E-state index in [1.165, 1.54) is 12.1 Å². The lowest BCUT2D eigenvalue weighted by molar-refractivity contribution is 0.0696. The summed E-state index contributed by atoms with van der Waals surface area (Å²) in [4.78, 5) is 23.1. The quantitative estimate of drug-likeness (QED) is 0.691. The zero-order chi connectivity index (χ0) is 15.6. The Bertz CT molecular complexity index is 693. The molecule has 0 aliphatic carbocycles. The maximum atomic E-state index is 12.2. The number of benzene rings is 2. The molecular formula is C17H16O4. The molecule has 0 unspecified atom stereocenters. The van der Waals surface area contributed by atoms with Gasteiger partial charge in [-0.1, -0.05) is 17.7 Å². The van der Waals surface area contributed by atoms with Crippen molar-refractivity contribution in [3.05, 3.63) is 64.2 Å². The lowest BCUT2D eigenvalue weighted by atomic mass is 10.1. The van der Waals surface area contributed by atoms with Crippen molar-refractivity contribution in [2.75, 3.05) is 0 Å². The molecule has 2 aromatic carbocycles. The second-order valence-electron chi connectivity index (χ2n) is 5.00. The van der Waals surface area contributed by atoms with Crippen LogP contribution in [0.15, 0.2) is 36.4 Å². The van der Waals surface area contributed by atoms with Gasteiger partial charge >= 0.3 is 11.9 Å². The number of aryl methyl sites for hydroxylation is 3. The van der Waals surface area contributed by atoms with Crippen molar-refractivity contribution in [2.24, 2.45) is 0 Å². The van der Waals surface area contributed by atoms with Gasteiger partial charge < -0.3 is 9.84 Å². The van der Waals surface area contributed by atoms with Gasteiger partial charge in [-0.3, -0.25) is 0 Å². The van der Waals surface area contributed by atoms with Gasteiger partial charge in [0.15, 0.2) is 0 Å². The third-order valence-corrected chi connectivity index (χ3v) is 3.16. The zero-order valence-electron chi connectivity index (χ0n) is 12.1. The molecular weight excluding hydrogens is 268 g/mol. The van der Waals surface area contributed by atoms with E-state index in [1.807, 2.05) is 13.0 Å². The van der Waals surface area contributed by atoms with Crippen LogP contribution in [0.25, 0.3) is 0 Å². The molecule has 0 aromatic heterocycles. The van der Waals surface area contributed by atoms with Crippen molar-refractivity contribution in [3.8, 4) is 5.75 Å². The number of carboxylic acids is 1. The Kier molecular flexibility index (Phi) is 4.08. The summed E-state index contributed by atoms with van der Waals surface area (Å²) in [5, 5.41) is 9.01. The first-order valence-electron chi connectivity index (χ1n) is 6.52. The monoisotopic (exact) mass is 284 g/mol. The van der Waals surface area contributed by atoms with Crippen LogP contribution >= 0.6 is 0 Å². The smallest absolute Gasteiger partial charge is 0.343 e. The highest BCUT2D eigenvalue weighted by Crippen LogP contribution is 2.26. The standard InChI is InChI=1S/C17H16O4/c1-10-5-4-6-13(7-10)17(20)21-15-11(2)8-14(16(18)19)9-12(15)3/h4-9H,1-3H3,(H,18,19). The normalized spacial score (nSPS) is 10.2. The Morgan fingerprint density at radius 2 is 1.57 bits per heavy atom. The molecule has 4 nitrogen and oxygen atoms in total. The van der Waals surface area contributed by atoms with Gasteiger partial charge in [-0.05, 0) is 56.2 Å². The van der Waals surface area contributed by atoms with Crippen LogP contribution < -0.4 is 4.74 Å². The van der Waals surface area contributed by atoms with Crippen LogP contribution in [-0.4, -0.2) is 17.0 Å². The van der Waals surface area contributed by atoms with Crippen LogP contribution in [0.4, 0.5) is 0 Å². The summed E-state index contributed by atoms with van der Waals surface area (Å²) >= 11 is 0. The predicted octanol–water partition coefficient (Wildman–Crippen LogP) is 3.53. The molecule has 2 aromatic rings. The highest BCUT2D eigenvalue weighted by atomic mass is 16.5. The molecule has 21 heavy (non-hydrogen) atoms. The van der Waals surface area contributed by atoms with E-state index < -0.39 is 11.9 Å². The van der Waals surface area contributed by atoms with E-state index in [9.17, 15) is 9.59 Å². The van der Waals surface area contributed by atoms with Crippen LogP contribution in [0.5, 0.6) is 5.75 Å². The molecule has 0 amide bonds. The average Bonchev–Trinajstić information content (AvgIpc) is 2.42. The second-order valence-corrected chi connectivity index (χ2v) is 5.00. The number of carboxylic acid groups (broad SMARTS) is 1. The van der Waals surface area contributed by atoms with Crippen LogP contribution in [0.3, 0.4) is 0 Å². The summed E-state index contributed by atoms with van der Waals surface area (Å²) in [6.45, 7) is 5.34. The van der Waals surface area contributed by atoms with Gasteiger partial charge in [0.2, 0.25) is 0 Å². The first-order chi connectivity index (χ1) is 9.88. The molecule has 0 radical (unpaired) electrons. The topological polar surface area (TPSA) is 63.6 Å². The summed E-state index contributed by atoms with van der Waals surface area (Å²) in [6.07, 6.45) is 0. The first-order valence-corrected chi connectivity index (χ1v) is 6.52. The van der Waals surface area contributed by atoms with Crippen molar-refractivity contribution in [1.29, 1.82) is 0 Å². The van der Waals surface area contributed by atoms with Crippen molar-refractivity contribution in [3.63, 3.8) is 0 Å². The van der Waals surface area contributed by atoms with Gasteiger partial charge in [0.05, 0.1) is 11.1 Å². The third-order valence-electron chi connectivity index (χ3n) is 3.16. The van der Waals surface area contributed by atoms with Crippen molar-refractivity contribution >= 4 is 11.9 Å². The Morgan fingerprint density at radius 1 is 0.952 bits per heavy atom. The largest absolute Gasteiger partial charge is 0.478 e. The fourth-order valence-corrected chi connectivity index (χ4v) is 2.16. The van der Waals surface area contributed by atoms with Crippen LogP contribution in [0, 0.1) is 20.8 Å². The summed E-state index contributed by atoms with van der Waals surface area (Å²) in [6, 6.07) is 10.1. The molecule has 0 atom stereocenters. The number of esters is 1. The Labute approximate surface area is 123 Å². The second kappa shape index (κ2) is 5.79. The maximum Gasteiger partial charge on any atom is 0.343 e. The predicted molar refractivity (Wildman–Crippen MR) is 79.0 cm³/mol. The number of rotatable bonds is 3. The van der Waals surface area contributed by atoms with E-state index in [4.69, 9.17) is 9.84 Å². The molecule has 1 N–H and O–H groups in total. The number of carbonyl (C=O) groups is 2. The SMILES string of the molecule is Cc1cccc(C(=O)Oc2c(C)cc(C(=O)O)cc2C)c1. The summed E-state index contributed by atoms with van der Waals surface area (Å²) < 4.78 is 5.42. The molecule has 4 heteroatoms. The van der Waals surface area contributed by atoms with Gasteiger partial charge in [0.1, 0.15) is 5.75 Å². The highest BCUT2D eigenvalue weighted by molar-refractivity contribution is 5.92. The molecule has 0 spiro atoms. The van der Waals surface area contributed by atoms with Crippen molar-refractivity contribution in [2.45, 2.75) is 20.8 Å². The molecule has 0 aliphatic rings. The number of ether oxygens (including phenoxy) is 1. The molecule has 0 heterocycles. The van der Waals surface area contributed by atoms with Crippen LogP contribution in [0.1, 0.15) is 37.4 Å². The van der Waals surface area contributed by atoms with Gasteiger partial charge in [0, 0.05) is 0 Å². The number of aromatic carboxylic acids is 1. The fraction of sp³-hybridized carbons (Fsp3) is 0.176. The lowest BCUT2D eigenvalue weighted by Crippen LogP contribution is -2.11. The zero-order valence-corrected chi connectivity index (χ0v) is 12.1. The minimum Gasteiger partial charge on any atom is -0.478 e. The number of carbonyl (C=O) groups excluding carboxylic acids is 1. The third kappa shape index (κ3) is 3.28. The van der Waals surface area contributed by atoms with E-state index >= 15 is 0 Å². The van der Waals surface area contributed by atoms with Gasteiger partial charge in [-0.25, -0.2) is 9.59 Å². The summed E-state index contributed by atoms with van der Waals surface area (Å²) in [5.74, 6) is -1.04. The summed E-state index contributed by atoms with van der Waals surface area (Å²) in [5.41, 5.74) is 2.86. The Morgan fingerprint density at radius 3 is 2.10 bits per heavy atom. The fourth-order valence-electron chi connectivity index (χ4n) is 2.16. The van der Waals surface area contributed by atoms with E-state index in [0.29, 0.717) is 22.4 Å². The molecule has 0 saturated carbocycles. The summed E-state index contributed by atoms with van der Waals surface area (Å²) in [7, 11) is 0.